The average molecular weight is 221 g/mol. The van der Waals surface area contributed by atoms with Gasteiger partial charge in [0.2, 0.25) is 0 Å². The predicted molar refractivity (Wildman–Crippen MR) is 69.8 cm³/mol. The van der Waals surface area contributed by atoms with Gasteiger partial charge in [-0.25, -0.2) is 4.98 Å². The summed E-state index contributed by atoms with van der Waals surface area (Å²) >= 11 is 0. The Kier molecular flexibility index (Phi) is 5.26. The molecular formula is C13H23N3. The Balaban J connectivity index is 2.21. The molecule has 1 heterocycles. The Morgan fingerprint density at radius 2 is 2.19 bits per heavy atom. The first kappa shape index (κ1) is 13.0. The lowest BCUT2D eigenvalue weighted by atomic mass is 10.3. The van der Waals surface area contributed by atoms with Crippen LogP contribution in [0.25, 0.3) is 0 Å². The Bertz CT molecular complexity index is 310. The smallest absolute Gasteiger partial charge is 0.126 e. The van der Waals surface area contributed by atoms with Crippen LogP contribution in [0.1, 0.15) is 25.8 Å². The lowest BCUT2D eigenvalue weighted by Crippen LogP contribution is -2.28. The van der Waals surface area contributed by atoms with Crippen LogP contribution in [0.3, 0.4) is 0 Å². The number of hydrogen-bond donors (Lipinski definition) is 1. The largest absolute Gasteiger partial charge is 0.370 e. The van der Waals surface area contributed by atoms with Crippen molar-refractivity contribution in [2.45, 2.75) is 33.2 Å². The van der Waals surface area contributed by atoms with Crippen molar-refractivity contribution >= 4 is 5.82 Å². The fraction of sp³-hybridized carbons (Fsp3) is 0.615. The van der Waals surface area contributed by atoms with E-state index in [0.29, 0.717) is 6.04 Å². The highest BCUT2D eigenvalue weighted by Gasteiger charge is 2.01. The summed E-state index contributed by atoms with van der Waals surface area (Å²) in [7, 11) is 2.16. The van der Waals surface area contributed by atoms with Crippen molar-refractivity contribution < 1.29 is 0 Å². The van der Waals surface area contributed by atoms with E-state index in [-0.39, 0.29) is 0 Å². The molecule has 0 bridgehead atoms. The van der Waals surface area contributed by atoms with Crippen molar-refractivity contribution in [1.82, 2.24) is 9.88 Å². The summed E-state index contributed by atoms with van der Waals surface area (Å²) in [4.78, 5) is 6.62. The Labute approximate surface area is 98.9 Å². The SMILES string of the molecule is Cc1ccnc(NCCCN(C)C(C)C)c1. The monoisotopic (exact) mass is 221 g/mol. The molecule has 0 aliphatic rings. The zero-order valence-electron chi connectivity index (χ0n) is 10.8. The highest BCUT2D eigenvalue weighted by molar-refractivity contribution is 5.36. The van der Waals surface area contributed by atoms with Crippen molar-refractivity contribution in [2.24, 2.45) is 0 Å². The van der Waals surface area contributed by atoms with Gasteiger partial charge in [0.05, 0.1) is 0 Å². The molecule has 1 rings (SSSR count). The van der Waals surface area contributed by atoms with Crippen molar-refractivity contribution in [3.05, 3.63) is 23.9 Å². The van der Waals surface area contributed by atoms with Crippen LogP contribution in [0.5, 0.6) is 0 Å². The fourth-order valence-corrected chi connectivity index (χ4v) is 1.44. The molecule has 0 aromatic carbocycles. The van der Waals surface area contributed by atoms with Crippen LogP contribution in [-0.4, -0.2) is 36.1 Å². The van der Waals surface area contributed by atoms with E-state index in [1.54, 1.807) is 0 Å². The maximum absolute atomic E-state index is 4.27. The molecule has 1 aromatic heterocycles. The number of rotatable bonds is 6. The minimum Gasteiger partial charge on any atom is -0.370 e. The number of nitrogens with zero attached hydrogens (tertiary/aromatic N) is 2. The Morgan fingerprint density at radius 3 is 2.81 bits per heavy atom. The second kappa shape index (κ2) is 6.48. The highest BCUT2D eigenvalue weighted by atomic mass is 15.1. The first-order valence-electron chi connectivity index (χ1n) is 5.96. The molecular weight excluding hydrogens is 198 g/mol. The Hall–Kier alpha value is -1.09. The van der Waals surface area contributed by atoms with Gasteiger partial charge in [-0.1, -0.05) is 0 Å². The molecule has 0 saturated heterocycles. The quantitative estimate of drug-likeness (QED) is 0.748. The second-order valence-electron chi connectivity index (χ2n) is 4.57. The third-order valence-electron chi connectivity index (χ3n) is 2.79. The van der Waals surface area contributed by atoms with Crippen LogP contribution in [-0.2, 0) is 0 Å². The Morgan fingerprint density at radius 1 is 1.44 bits per heavy atom. The third-order valence-corrected chi connectivity index (χ3v) is 2.79. The van der Waals surface area contributed by atoms with Gasteiger partial charge in [0.1, 0.15) is 5.82 Å². The number of aromatic nitrogens is 1. The minimum absolute atomic E-state index is 0.622. The number of nitrogens with one attached hydrogen (secondary N) is 1. The molecule has 0 radical (unpaired) electrons. The minimum atomic E-state index is 0.622. The fourth-order valence-electron chi connectivity index (χ4n) is 1.44. The number of hydrogen-bond acceptors (Lipinski definition) is 3. The van der Waals surface area contributed by atoms with Gasteiger partial charge in [-0.2, -0.15) is 0 Å². The number of anilines is 1. The molecule has 0 spiro atoms. The molecule has 0 amide bonds. The second-order valence-corrected chi connectivity index (χ2v) is 4.57. The van der Waals surface area contributed by atoms with E-state index >= 15 is 0 Å². The molecule has 1 N–H and O–H groups in total. The normalized spacial score (nSPS) is 11.1. The van der Waals surface area contributed by atoms with Gasteiger partial charge in [-0.15, -0.1) is 0 Å². The molecule has 3 nitrogen and oxygen atoms in total. The van der Waals surface area contributed by atoms with Gasteiger partial charge in [-0.05, 0) is 58.5 Å². The van der Waals surface area contributed by atoms with E-state index in [1.807, 2.05) is 12.3 Å². The molecule has 0 fully saturated rings. The van der Waals surface area contributed by atoms with Crippen molar-refractivity contribution in [3.8, 4) is 0 Å². The van der Waals surface area contributed by atoms with Crippen LogP contribution in [0.4, 0.5) is 5.82 Å². The van der Waals surface area contributed by atoms with Gasteiger partial charge >= 0.3 is 0 Å². The molecule has 16 heavy (non-hydrogen) atoms. The van der Waals surface area contributed by atoms with Crippen molar-refractivity contribution in [1.29, 1.82) is 0 Å². The zero-order valence-corrected chi connectivity index (χ0v) is 10.8. The molecule has 0 aliphatic carbocycles. The maximum atomic E-state index is 4.27. The van der Waals surface area contributed by atoms with E-state index in [0.717, 1.165) is 25.3 Å². The van der Waals surface area contributed by atoms with Crippen LogP contribution in [0, 0.1) is 6.92 Å². The van der Waals surface area contributed by atoms with E-state index in [2.05, 4.69) is 49.1 Å². The summed E-state index contributed by atoms with van der Waals surface area (Å²) in [6.45, 7) is 8.62. The summed E-state index contributed by atoms with van der Waals surface area (Å²) in [5.74, 6) is 0.979. The zero-order chi connectivity index (χ0) is 12.0. The van der Waals surface area contributed by atoms with Crippen LogP contribution in [0.2, 0.25) is 0 Å². The van der Waals surface area contributed by atoms with Gasteiger partial charge in [0, 0.05) is 18.8 Å². The van der Waals surface area contributed by atoms with Crippen LogP contribution >= 0.6 is 0 Å². The predicted octanol–water partition coefficient (Wildman–Crippen LogP) is 2.53. The van der Waals surface area contributed by atoms with Gasteiger partial charge in [-0.3, -0.25) is 0 Å². The van der Waals surface area contributed by atoms with Crippen molar-refractivity contribution in [2.75, 3.05) is 25.5 Å². The standard InChI is InChI=1S/C13H23N3/c1-11(2)16(4)9-5-7-14-13-10-12(3)6-8-15-13/h6,8,10-11H,5,7,9H2,1-4H3,(H,14,15). The molecule has 90 valence electrons. The summed E-state index contributed by atoms with van der Waals surface area (Å²) in [5, 5.41) is 3.34. The lowest BCUT2D eigenvalue weighted by molar-refractivity contribution is 0.273. The lowest BCUT2D eigenvalue weighted by Gasteiger charge is -2.20. The van der Waals surface area contributed by atoms with Crippen LogP contribution in [0.15, 0.2) is 18.3 Å². The molecule has 0 saturated carbocycles. The molecule has 0 unspecified atom stereocenters. The topological polar surface area (TPSA) is 28.2 Å². The maximum Gasteiger partial charge on any atom is 0.126 e. The first-order chi connectivity index (χ1) is 7.59. The van der Waals surface area contributed by atoms with Gasteiger partial charge < -0.3 is 10.2 Å². The average Bonchev–Trinajstić information content (AvgIpc) is 2.24. The van der Waals surface area contributed by atoms with Gasteiger partial charge in [0.15, 0.2) is 0 Å². The van der Waals surface area contributed by atoms with E-state index in [9.17, 15) is 0 Å². The van der Waals surface area contributed by atoms with E-state index < -0.39 is 0 Å². The molecule has 1 aromatic rings. The third kappa shape index (κ3) is 4.62. The molecule has 0 atom stereocenters. The first-order valence-corrected chi connectivity index (χ1v) is 5.96. The van der Waals surface area contributed by atoms with E-state index in [4.69, 9.17) is 0 Å². The van der Waals surface area contributed by atoms with E-state index in [1.165, 1.54) is 5.56 Å². The highest BCUT2D eigenvalue weighted by Crippen LogP contribution is 2.05. The summed E-state index contributed by atoms with van der Waals surface area (Å²) in [6.07, 6.45) is 2.99. The van der Waals surface area contributed by atoms with Crippen LogP contribution < -0.4 is 5.32 Å². The molecule has 0 aliphatic heterocycles. The van der Waals surface area contributed by atoms with Crippen molar-refractivity contribution in [3.63, 3.8) is 0 Å². The summed E-state index contributed by atoms with van der Waals surface area (Å²) < 4.78 is 0. The van der Waals surface area contributed by atoms with Gasteiger partial charge in [0.25, 0.3) is 0 Å². The summed E-state index contributed by atoms with van der Waals surface area (Å²) in [6, 6.07) is 4.71. The number of aryl methyl sites for hydroxylation is 1. The molecule has 3 heteroatoms. The number of pyridine rings is 1. The summed E-state index contributed by atoms with van der Waals surface area (Å²) in [5.41, 5.74) is 1.25.